The second kappa shape index (κ2) is 6.37. The van der Waals surface area contributed by atoms with Gasteiger partial charge in [-0.15, -0.1) is 0 Å². The summed E-state index contributed by atoms with van der Waals surface area (Å²) < 4.78 is 24.0. The van der Waals surface area contributed by atoms with Gasteiger partial charge >= 0.3 is 5.97 Å². The second-order valence-corrected chi connectivity index (χ2v) is 9.64. The Hall–Kier alpha value is -2.34. The van der Waals surface area contributed by atoms with Gasteiger partial charge in [0, 0.05) is 12.7 Å². The summed E-state index contributed by atoms with van der Waals surface area (Å²) in [6.07, 6.45) is 2.27. The van der Waals surface area contributed by atoms with Crippen LogP contribution in [0.4, 0.5) is 0 Å². The highest BCUT2D eigenvalue weighted by Crippen LogP contribution is 2.48. The Balaban J connectivity index is 1.89. The lowest BCUT2D eigenvalue weighted by molar-refractivity contribution is -0.152. The number of hydrogen-bond acceptors (Lipinski definition) is 8. The molecular formula is C16H21N5O5S. The van der Waals surface area contributed by atoms with E-state index in [1.54, 1.807) is 18.3 Å². The summed E-state index contributed by atoms with van der Waals surface area (Å²) in [6.45, 7) is 3.05. The Morgan fingerprint density at radius 2 is 2.11 bits per heavy atom. The number of nitrogens with zero attached hydrogens (tertiary/aromatic N) is 2. The minimum atomic E-state index is -3.90. The molecule has 2 aliphatic heterocycles. The highest BCUT2D eigenvalue weighted by molar-refractivity contribution is 7.94. The number of hydrogen-bond donors (Lipinski definition) is 4. The lowest BCUT2D eigenvalue weighted by atomic mass is 9.95. The maximum absolute atomic E-state index is 12.8. The maximum atomic E-state index is 12.8. The SMILES string of the molecule is CC1(C)[C@H](C(=O)O)N2C(=O)C(=Cc3ccc(CNC(N)N)cn3)[C@H]2S1(=O)=O. The molecule has 2 fully saturated rings. The van der Waals surface area contributed by atoms with Crippen molar-refractivity contribution in [2.45, 2.75) is 42.8 Å². The smallest absolute Gasteiger partial charge is 0.328 e. The molecule has 10 nitrogen and oxygen atoms in total. The first-order valence-corrected chi connectivity index (χ1v) is 9.73. The average molecular weight is 395 g/mol. The highest BCUT2D eigenvalue weighted by atomic mass is 32.2. The van der Waals surface area contributed by atoms with Crippen LogP contribution in [0.25, 0.3) is 6.08 Å². The van der Waals surface area contributed by atoms with Crippen LogP contribution in [0, 0.1) is 0 Å². The van der Waals surface area contributed by atoms with E-state index in [9.17, 15) is 23.1 Å². The van der Waals surface area contributed by atoms with E-state index in [2.05, 4.69) is 10.3 Å². The summed E-state index contributed by atoms with van der Waals surface area (Å²) in [6, 6.07) is 1.95. The molecule has 0 bridgehead atoms. The number of β-lactam (4-membered cyclic amide) rings is 1. The zero-order valence-corrected chi connectivity index (χ0v) is 15.6. The topological polar surface area (TPSA) is 169 Å². The molecule has 0 radical (unpaired) electrons. The molecule has 2 atom stereocenters. The van der Waals surface area contributed by atoms with E-state index in [4.69, 9.17) is 11.5 Å². The van der Waals surface area contributed by atoms with Crippen molar-refractivity contribution >= 4 is 27.8 Å². The summed E-state index contributed by atoms with van der Waals surface area (Å²) in [5.74, 6) is -1.95. The van der Waals surface area contributed by atoms with Crippen molar-refractivity contribution in [2.75, 3.05) is 0 Å². The first-order chi connectivity index (χ1) is 12.5. The van der Waals surface area contributed by atoms with Crippen LogP contribution in [0.2, 0.25) is 0 Å². The van der Waals surface area contributed by atoms with Crippen molar-refractivity contribution in [3.63, 3.8) is 0 Å². The van der Waals surface area contributed by atoms with Gasteiger partial charge in [-0.3, -0.25) is 15.1 Å². The number of carbonyl (C=O) groups is 2. The predicted octanol–water partition coefficient (Wildman–Crippen LogP) is -1.42. The molecule has 1 aromatic rings. The summed E-state index contributed by atoms with van der Waals surface area (Å²) in [7, 11) is -3.90. The summed E-state index contributed by atoms with van der Waals surface area (Å²) in [5.41, 5.74) is 12.0. The van der Waals surface area contributed by atoms with E-state index in [0.29, 0.717) is 12.2 Å². The van der Waals surface area contributed by atoms with Crippen LogP contribution >= 0.6 is 0 Å². The summed E-state index contributed by atoms with van der Waals surface area (Å²) in [4.78, 5) is 29.1. The number of rotatable bonds is 5. The van der Waals surface area contributed by atoms with Crippen molar-refractivity contribution in [2.24, 2.45) is 11.5 Å². The molecule has 1 aromatic heterocycles. The number of carboxylic acids is 1. The Kier molecular flexibility index (Phi) is 4.58. The molecular weight excluding hydrogens is 374 g/mol. The van der Waals surface area contributed by atoms with Gasteiger partial charge in [-0.05, 0) is 31.6 Å². The molecule has 1 amide bonds. The van der Waals surface area contributed by atoms with Gasteiger partial charge in [-0.1, -0.05) is 6.07 Å². The van der Waals surface area contributed by atoms with Gasteiger partial charge in [0.2, 0.25) is 0 Å². The van der Waals surface area contributed by atoms with Crippen LogP contribution in [0.5, 0.6) is 0 Å². The van der Waals surface area contributed by atoms with Crippen LogP contribution in [0.3, 0.4) is 0 Å². The number of nitrogens with one attached hydrogen (secondary N) is 1. The van der Waals surface area contributed by atoms with Gasteiger partial charge in [-0.2, -0.15) is 0 Å². The fourth-order valence-corrected chi connectivity index (χ4v) is 5.48. The summed E-state index contributed by atoms with van der Waals surface area (Å²) in [5, 5.41) is 11.0. The number of aromatic nitrogens is 1. The van der Waals surface area contributed by atoms with Crippen LogP contribution in [0.15, 0.2) is 23.9 Å². The van der Waals surface area contributed by atoms with Gasteiger partial charge < -0.3 is 21.5 Å². The third-order valence-corrected chi connectivity index (χ3v) is 7.65. The van der Waals surface area contributed by atoms with Crippen LogP contribution < -0.4 is 16.8 Å². The van der Waals surface area contributed by atoms with Gasteiger partial charge in [0.1, 0.15) is 11.0 Å². The molecule has 0 aromatic carbocycles. The predicted molar refractivity (Wildman–Crippen MR) is 96.3 cm³/mol. The van der Waals surface area contributed by atoms with Crippen molar-refractivity contribution in [1.82, 2.24) is 15.2 Å². The number of sulfone groups is 1. The zero-order chi connectivity index (χ0) is 20.1. The van der Waals surface area contributed by atoms with Crippen molar-refractivity contribution < 1.29 is 23.1 Å². The fraction of sp³-hybridized carbons (Fsp3) is 0.438. The van der Waals surface area contributed by atoms with E-state index < -0.39 is 44.2 Å². The number of carboxylic acid groups (broad SMARTS) is 1. The van der Waals surface area contributed by atoms with Crippen LogP contribution in [-0.2, 0) is 26.0 Å². The third-order valence-electron chi connectivity index (χ3n) is 4.89. The van der Waals surface area contributed by atoms with E-state index >= 15 is 0 Å². The van der Waals surface area contributed by atoms with E-state index in [1.165, 1.54) is 19.9 Å². The van der Waals surface area contributed by atoms with Crippen molar-refractivity contribution in [3.8, 4) is 0 Å². The van der Waals surface area contributed by atoms with E-state index in [1.807, 2.05) is 0 Å². The molecule has 27 heavy (non-hydrogen) atoms. The largest absolute Gasteiger partial charge is 0.480 e. The maximum Gasteiger partial charge on any atom is 0.328 e. The summed E-state index contributed by atoms with van der Waals surface area (Å²) >= 11 is 0. The normalized spacial score (nSPS) is 26.9. The minimum Gasteiger partial charge on any atom is -0.480 e. The minimum absolute atomic E-state index is 0.0224. The Labute approximate surface area is 156 Å². The van der Waals surface area contributed by atoms with Gasteiger partial charge in [-0.25, -0.2) is 13.2 Å². The molecule has 3 rings (SSSR count). The number of fused-ring (bicyclic) bond motifs is 1. The van der Waals surface area contributed by atoms with Crippen LogP contribution in [-0.4, -0.2) is 57.7 Å². The molecule has 3 heterocycles. The van der Waals surface area contributed by atoms with E-state index in [-0.39, 0.29) is 5.57 Å². The molecule has 2 saturated heterocycles. The van der Waals surface area contributed by atoms with Crippen molar-refractivity contribution in [1.29, 1.82) is 0 Å². The fourth-order valence-electron chi connectivity index (χ4n) is 3.36. The Morgan fingerprint density at radius 1 is 1.44 bits per heavy atom. The van der Waals surface area contributed by atoms with Crippen LogP contribution in [0.1, 0.15) is 25.1 Å². The van der Waals surface area contributed by atoms with Gasteiger partial charge in [0.15, 0.2) is 21.3 Å². The molecule has 0 unspecified atom stereocenters. The van der Waals surface area contributed by atoms with Gasteiger partial charge in [0.25, 0.3) is 5.91 Å². The lowest BCUT2D eigenvalue weighted by Crippen LogP contribution is -2.58. The first-order valence-electron chi connectivity index (χ1n) is 8.18. The zero-order valence-electron chi connectivity index (χ0n) is 14.8. The molecule has 2 aliphatic rings. The quantitative estimate of drug-likeness (QED) is 0.266. The standard InChI is InChI=1S/C16H21N5O5S/c1-16(2)11(14(23)24)21-12(22)10(13(21)27(16,25)26)5-9-4-3-8(6-19-9)7-20-15(17)18/h3-6,11,13,15,20H,7,17-18H2,1-2H3,(H,23,24)/t11-,13+/m0/s1. The van der Waals surface area contributed by atoms with Gasteiger partial charge in [0.05, 0.1) is 11.3 Å². The molecule has 0 aliphatic carbocycles. The number of aliphatic carboxylic acids is 1. The number of nitrogens with two attached hydrogens (primary N) is 2. The number of amides is 1. The second-order valence-electron chi connectivity index (χ2n) is 7.05. The molecule has 146 valence electrons. The molecule has 0 spiro atoms. The lowest BCUT2D eigenvalue weighted by Gasteiger charge is -2.37. The monoisotopic (exact) mass is 395 g/mol. The molecule has 6 N–H and O–H groups in total. The average Bonchev–Trinajstić information content (AvgIpc) is 2.72. The Morgan fingerprint density at radius 3 is 2.63 bits per heavy atom. The van der Waals surface area contributed by atoms with E-state index in [0.717, 1.165) is 10.5 Å². The molecule has 11 heteroatoms. The third kappa shape index (κ3) is 2.92. The number of carbonyl (C=O) groups excluding carboxylic acids is 1. The number of pyridine rings is 1. The van der Waals surface area contributed by atoms with Crippen molar-refractivity contribution in [3.05, 3.63) is 35.2 Å². The Bertz CT molecular complexity index is 923. The first kappa shape index (κ1) is 19.4. The molecule has 0 saturated carbocycles. The highest BCUT2D eigenvalue weighted by Gasteiger charge is 2.70.